The first-order valence-corrected chi connectivity index (χ1v) is 7.21. The van der Waals surface area contributed by atoms with Gasteiger partial charge in [-0.05, 0) is 40.2 Å². The molecule has 0 atom stereocenters. The molecule has 1 aliphatic rings. The van der Waals surface area contributed by atoms with Crippen molar-refractivity contribution in [1.29, 1.82) is 0 Å². The second-order valence-corrected chi connectivity index (χ2v) is 5.36. The molecule has 108 valence electrons. The lowest BCUT2D eigenvalue weighted by Gasteiger charge is -2.21. The molecule has 4 nitrogen and oxygen atoms in total. The molecule has 0 aromatic heterocycles. The van der Waals surface area contributed by atoms with Crippen molar-refractivity contribution >= 4 is 33.2 Å². The van der Waals surface area contributed by atoms with Crippen molar-refractivity contribution in [1.82, 2.24) is 0 Å². The summed E-state index contributed by atoms with van der Waals surface area (Å²) in [6.07, 6.45) is 0. The molecular weight excluding hydrogens is 339 g/mol. The molecule has 2 aromatic carbocycles. The number of rotatable bonds is 2. The van der Waals surface area contributed by atoms with E-state index in [4.69, 9.17) is 4.74 Å². The van der Waals surface area contributed by atoms with Crippen LogP contribution in [0.15, 0.2) is 40.9 Å². The van der Waals surface area contributed by atoms with Crippen LogP contribution in [0.3, 0.4) is 0 Å². The van der Waals surface area contributed by atoms with Crippen molar-refractivity contribution in [3.8, 4) is 5.75 Å². The van der Waals surface area contributed by atoms with Gasteiger partial charge in [0.1, 0.15) is 12.4 Å². The normalized spacial score (nSPS) is 12.9. The summed E-state index contributed by atoms with van der Waals surface area (Å²) in [5, 5.41) is 5.73. The van der Waals surface area contributed by atoms with Crippen molar-refractivity contribution in [2.24, 2.45) is 0 Å². The minimum absolute atomic E-state index is 0.115. The highest BCUT2D eigenvalue weighted by molar-refractivity contribution is 9.10. The molecule has 1 aliphatic heterocycles. The molecule has 0 saturated carbocycles. The second kappa shape index (κ2) is 5.73. The minimum Gasteiger partial charge on any atom is -0.489 e. The van der Waals surface area contributed by atoms with E-state index in [0.717, 1.165) is 5.69 Å². The first-order chi connectivity index (χ1) is 10.2. The largest absolute Gasteiger partial charge is 0.489 e. The van der Waals surface area contributed by atoms with Crippen LogP contribution >= 0.6 is 15.9 Å². The van der Waals surface area contributed by atoms with Crippen LogP contribution in [0, 0.1) is 5.82 Å². The summed E-state index contributed by atoms with van der Waals surface area (Å²) >= 11 is 3.22. The topological polar surface area (TPSA) is 50.4 Å². The van der Waals surface area contributed by atoms with Crippen LogP contribution in [0.1, 0.15) is 10.4 Å². The van der Waals surface area contributed by atoms with Crippen LogP contribution in [0.5, 0.6) is 5.75 Å². The van der Waals surface area contributed by atoms with Gasteiger partial charge in [0.2, 0.25) is 0 Å². The van der Waals surface area contributed by atoms with E-state index >= 15 is 0 Å². The molecule has 0 spiro atoms. The number of carbonyl (C=O) groups excluding carboxylic acids is 1. The Labute approximate surface area is 129 Å². The number of amides is 1. The Morgan fingerprint density at radius 3 is 2.90 bits per heavy atom. The van der Waals surface area contributed by atoms with Crippen LogP contribution in [0.4, 0.5) is 15.8 Å². The van der Waals surface area contributed by atoms with Crippen LogP contribution in [0.25, 0.3) is 0 Å². The SMILES string of the molecule is O=C(Nc1c(F)cccc1Br)c1cccc2c1OCCN2. The van der Waals surface area contributed by atoms with Crippen LogP contribution < -0.4 is 15.4 Å². The summed E-state index contributed by atoms with van der Waals surface area (Å²) < 4.78 is 19.8. The van der Waals surface area contributed by atoms with Gasteiger partial charge in [0, 0.05) is 11.0 Å². The molecule has 0 fully saturated rings. The van der Waals surface area contributed by atoms with Crippen molar-refractivity contribution in [2.45, 2.75) is 0 Å². The predicted molar refractivity (Wildman–Crippen MR) is 82.5 cm³/mol. The van der Waals surface area contributed by atoms with Crippen molar-refractivity contribution in [3.63, 3.8) is 0 Å². The summed E-state index contributed by atoms with van der Waals surface area (Å²) in [5.41, 5.74) is 1.25. The maximum atomic E-state index is 13.8. The fourth-order valence-electron chi connectivity index (χ4n) is 2.15. The maximum Gasteiger partial charge on any atom is 0.259 e. The van der Waals surface area contributed by atoms with Gasteiger partial charge >= 0.3 is 0 Å². The van der Waals surface area contributed by atoms with Gasteiger partial charge in [-0.25, -0.2) is 4.39 Å². The molecule has 0 bridgehead atoms. The van der Waals surface area contributed by atoms with Gasteiger partial charge < -0.3 is 15.4 Å². The van der Waals surface area contributed by atoms with Gasteiger partial charge in [0.15, 0.2) is 5.75 Å². The molecule has 1 amide bonds. The number of anilines is 2. The molecule has 1 heterocycles. The molecule has 0 unspecified atom stereocenters. The lowest BCUT2D eigenvalue weighted by Crippen LogP contribution is -2.22. The van der Waals surface area contributed by atoms with Crippen LogP contribution in [-0.4, -0.2) is 19.1 Å². The standard InChI is InChI=1S/C15H12BrFN2O2/c16-10-4-2-5-11(17)13(10)19-15(20)9-3-1-6-12-14(9)21-8-7-18-12/h1-6,18H,7-8H2,(H,19,20). The minimum atomic E-state index is -0.499. The second-order valence-electron chi connectivity index (χ2n) is 4.51. The predicted octanol–water partition coefficient (Wildman–Crippen LogP) is 3.64. The highest BCUT2D eigenvalue weighted by Gasteiger charge is 2.20. The Hall–Kier alpha value is -2.08. The molecule has 2 aromatic rings. The van der Waals surface area contributed by atoms with E-state index in [1.54, 1.807) is 24.3 Å². The van der Waals surface area contributed by atoms with Gasteiger partial charge in [-0.1, -0.05) is 12.1 Å². The Kier molecular flexibility index (Phi) is 3.79. The highest BCUT2D eigenvalue weighted by atomic mass is 79.9. The van der Waals surface area contributed by atoms with Gasteiger partial charge in [-0.2, -0.15) is 0 Å². The van der Waals surface area contributed by atoms with Crippen molar-refractivity contribution in [3.05, 3.63) is 52.3 Å². The highest BCUT2D eigenvalue weighted by Crippen LogP contribution is 2.32. The molecule has 0 aliphatic carbocycles. The molecule has 6 heteroatoms. The number of para-hydroxylation sites is 2. The Morgan fingerprint density at radius 2 is 2.10 bits per heavy atom. The van der Waals surface area contributed by atoms with Crippen molar-refractivity contribution in [2.75, 3.05) is 23.8 Å². The Morgan fingerprint density at radius 1 is 1.29 bits per heavy atom. The molecule has 21 heavy (non-hydrogen) atoms. The molecule has 0 saturated heterocycles. The zero-order chi connectivity index (χ0) is 14.8. The molecular formula is C15H12BrFN2O2. The number of fused-ring (bicyclic) bond motifs is 1. The van der Waals surface area contributed by atoms with Gasteiger partial charge in [-0.15, -0.1) is 0 Å². The van der Waals surface area contributed by atoms with E-state index in [1.165, 1.54) is 6.07 Å². The molecule has 3 rings (SSSR count). The van der Waals surface area contributed by atoms with Crippen LogP contribution in [-0.2, 0) is 0 Å². The number of hydrogen-bond donors (Lipinski definition) is 2. The Balaban J connectivity index is 1.93. The third-order valence-electron chi connectivity index (χ3n) is 3.12. The number of halogens is 2. The lowest BCUT2D eigenvalue weighted by molar-refractivity contribution is 0.102. The monoisotopic (exact) mass is 350 g/mol. The average molecular weight is 351 g/mol. The summed E-state index contributed by atoms with van der Waals surface area (Å²) in [7, 11) is 0. The first-order valence-electron chi connectivity index (χ1n) is 6.42. The fraction of sp³-hybridized carbons (Fsp3) is 0.133. The molecule has 0 radical (unpaired) electrons. The summed E-state index contributed by atoms with van der Waals surface area (Å²) in [6, 6.07) is 9.76. The summed E-state index contributed by atoms with van der Waals surface area (Å²) in [6.45, 7) is 1.18. The number of carbonyl (C=O) groups is 1. The third-order valence-corrected chi connectivity index (χ3v) is 3.79. The zero-order valence-corrected chi connectivity index (χ0v) is 12.5. The maximum absolute atomic E-state index is 13.8. The zero-order valence-electron chi connectivity index (χ0n) is 11.0. The van der Waals surface area contributed by atoms with Gasteiger partial charge in [0.05, 0.1) is 16.9 Å². The van der Waals surface area contributed by atoms with E-state index in [9.17, 15) is 9.18 Å². The molecule has 2 N–H and O–H groups in total. The number of ether oxygens (including phenoxy) is 1. The lowest BCUT2D eigenvalue weighted by atomic mass is 10.1. The van der Waals surface area contributed by atoms with E-state index in [-0.39, 0.29) is 5.69 Å². The third kappa shape index (κ3) is 2.71. The van der Waals surface area contributed by atoms with E-state index in [1.807, 2.05) is 6.07 Å². The van der Waals surface area contributed by atoms with E-state index in [0.29, 0.717) is 28.9 Å². The van der Waals surface area contributed by atoms with Gasteiger partial charge in [-0.3, -0.25) is 4.79 Å². The van der Waals surface area contributed by atoms with Crippen molar-refractivity contribution < 1.29 is 13.9 Å². The number of hydrogen-bond acceptors (Lipinski definition) is 3. The Bertz CT molecular complexity index is 686. The van der Waals surface area contributed by atoms with E-state index < -0.39 is 11.7 Å². The summed E-state index contributed by atoms with van der Waals surface area (Å²) in [5.74, 6) is -0.420. The van der Waals surface area contributed by atoms with E-state index in [2.05, 4.69) is 26.6 Å². The number of nitrogens with one attached hydrogen (secondary N) is 2. The fourth-order valence-corrected chi connectivity index (χ4v) is 2.59. The van der Waals surface area contributed by atoms with Crippen LogP contribution in [0.2, 0.25) is 0 Å². The number of benzene rings is 2. The quantitative estimate of drug-likeness (QED) is 0.869. The van der Waals surface area contributed by atoms with Gasteiger partial charge in [0.25, 0.3) is 5.91 Å². The average Bonchev–Trinajstić information content (AvgIpc) is 2.50. The summed E-state index contributed by atoms with van der Waals surface area (Å²) in [4.78, 5) is 12.4. The smallest absolute Gasteiger partial charge is 0.259 e. The first kappa shape index (κ1) is 13.9.